The second kappa shape index (κ2) is 17.7. The average molecular weight is 670 g/mol. The summed E-state index contributed by atoms with van der Waals surface area (Å²) in [7, 11) is 1.67. The van der Waals surface area contributed by atoms with E-state index < -0.39 is 6.29 Å². The first-order valence-corrected chi connectivity index (χ1v) is 17.2. The molecule has 2 amide bonds. The van der Waals surface area contributed by atoms with Gasteiger partial charge < -0.3 is 35.7 Å². The molecule has 5 rings (SSSR count). The molecule has 1 heterocycles. The number of methoxy groups -OCH3 is 1. The molecule has 0 unspecified atom stereocenters. The van der Waals surface area contributed by atoms with E-state index in [4.69, 9.17) is 19.9 Å². The number of unbranched alkanes of at least 4 members (excludes halogenated alkanes) is 2. The quantitative estimate of drug-likeness (QED) is 0.0577. The Bertz CT molecular complexity index is 1630. The molecule has 9 nitrogen and oxygen atoms in total. The van der Waals surface area contributed by atoms with Crippen LogP contribution in [0.2, 0.25) is 0 Å². The highest BCUT2D eigenvalue weighted by molar-refractivity contribution is 7.99. The fourth-order valence-electron chi connectivity index (χ4n) is 5.46. The van der Waals surface area contributed by atoms with Crippen LogP contribution < -0.4 is 21.1 Å². The lowest BCUT2D eigenvalue weighted by Crippen LogP contribution is -2.31. The predicted octanol–water partition coefficient (Wildman–Crippen LogP) is 7.64. The maximum absolute atomic E-state index is 12.6. The SMILES string of the molecule is COc1ccccc1SC[C@H]1C[C@@H](c2ccc(CO)cc2)O[C@@H](c2ccc(NC(=O)CCCCCC(=O)Nc3ccccc3N)cc2)O1. The van der Waals surface area contributed by atoms with E-state index in [1.54, 1.807) is 31.0 Å². The number of ether oxygens (including phenoxy) is 3. The Hall–Kier alpha value is -4.35. The molecule has 0 radical (unpaired) electrons. The lowest BCUT2D eigenvalue weighted by atomic mass is 10.0. The van der Waals surface area contributed by atoms with Crippen molar-refractivity contribution in [3.63, 3.8) is 0 Å². The Kier molecular flexibility index (Phi) is 12.9. The van der Waals surface area contributed by atoms with E-state index in [1.807, 2.05) is 84.9 Å². The highest BCUT2D eigenvalue weighted by Crippen LogP contribution is 2.40. The monoisotopic (exact) mass is 669 g/mol. The average Bonchev–Trinajstić information content (AvgIpc) is 3.12. The number of carbonyl (C=O) groups is 2. The molecule has 1 fully saturated rings. The van der Waals surface area contributed by atoms with Gasteiger partial charge in [0.15, 0.2) is 6.29 Å². The van der Waals surface area contributed by atoms with Crippen molar-refractivity contribution in [2.75, 3.05) is 29.2 Å². The van der Waals surface area contributed by atoms with Gasteiger partial charge in [0.2, 0.25) is 11.8 Å². The fourth-order valence-corrected chi connectivity index (χ4v) is 6.51. The third-order valence-electron chi connectivity index (χ3n) is 8.12. The van der Waals surface area contributed by atoms with Crippen molar-refractivity contribution in [2.45, 2.75) is 68.5 Å². The molecule has 0 spiro atoms. The lowest BCUT2D eigenvalue weighted by Gasteiger charge is -2.36. The number of hydrogen-bond acceptors (Lipinski definition) is 8. The summed E-state index contributed by atoms with van der Waals surface area (Å²) in [5.74, 6) is 1.38. The third kappa shape index (κ3) is 10.1. The summed E-state index contributed by atoms with van der Waals surface area (Å²) in [5.41, 5.74) is 10.5. The maximum atomic E-state index is 12.6. The van der Waals surface area contributed by atoms with Crippen LogP contribution in [0.5, 0.6) is 5.75 Å². The summed E-state index contributed by atoms with van der Waals surface area (Å²) in [5, 5.41) is 15.3. The zero-order chi connectivity index (χ0) is 33.7. The molecule has 1 saturated heterocycles. The topological polar surface area (TPSA) is 132 Å². The molecule has 1 aliphatic rings. The van der Waals surface area contributed by atoms with Gasteiger partial charge in [0, 0.05) is 41.2 Å². The van der Waals surface area contributed by atoms with Crippen molar-refractivity contribution >= 4 is 40.6 Å². The van der Waals surface area contributed by atoms with Crippen molar-refractivity contribution in [3.8, 4) is 5.75 Å². The molecule has 252 valence electrons. The number of carbonyl (C=O) groups excluding carboxylic acids is 2. The fraction of sp³-hybridized carbons (Fsp3) is 0.316. The zero-order valence-electron chi connectivity index (χ0n) is 27.1. The van der Waals surface area contributed by atoms with Crippen LogP contribution in [0.3, 0.4) is 0 Å². The molecule has 1 aliphatic heterocycles. The van der Waals surface area contributed by atoms with Gasteiger partial charge in [-0.2, -0.15) is 0 Å². The Balaban J connectivity index is 1.12. The molecule has 10 heteroatoms. The largest absolute Gasteiger partial charge is 0.496 e. The van der Waals surface area contributed by atoms with Gasteiger partial charge >= 0.3 is 0 Å². The molecule has 3 atom stereocenters. The van der Waals surface area contributed by atoms with Gasteiger partial charge in [0.25, 0.3) is 0 Å². The van der Waals surface area contributed by atoms with Crippen molar-refractivity contribution in [1.82, 2.24) is 0 Å². The number of nitrogen functional groups attached to an aromatic ring is 1. The van der Waals surface area contributed by atoms with E-state index in [9.17, 15) is 14.7 Å². The Labute approximate surface area is 286 Å². The molecule has 48 heavy (non-hydrogen) atoms. The Morgan fingerprint density at radius 1 is 0.833 bits per heavy atom. The van der Waals surface area contributed by atoms with Gasteiger partial charge in [-0.1, -0.05) is 67.1 Å². The number of rotatable bonds is 15. The Morgan fingerprint density at radius 3 is 2.21 bits per heavy atom. The predicted molar refractivity (Wildman–Crippen MR) is 190 cm³/mol. The van der Waals surface area contributed by atoms with Crippen LogP contribution in [0.4, 0.5) is 17.1 Å². The van der Waals surface area contributed by atoms with Crippen molar-refractivity contribution in [3.05, 3.63) is 114 Å². The van der Waals surface area contributed by atoms with E-state index in [2.05, 4.69) is 10.6 Å². The molecule has 0 bridgehead atoms. The van der Waals surface area contributed by atoms with E-state index in [-0.39, 0.29) is 30.6 Å². The number of hydrogen-bond donors (Lipinski definition) is 4. The minimum Gasteiger partial charge on any atom is -0.496 e. The molecule has 4 aromatic rings. The lowest BCUT2D eigenvalue weighted by molar-refractivity contribution is -0.245. The maximum Gasteiger partial charge on any atom is 0.224 e. The number of anilines is 3. The zero-order valence-corrected chi connectivity index (χ0v) is 27.9. The molecule has 0 saturated carbocycles. The van der Waals surface area contributed by atoms with Crippen LogP contribution >= 0.6 is 11.8 Å². The number of amides is 2. The summed E-state index contributed by atoms with van der Waals surface area (Å²) in [4.78, 5) is 25.9. The van der Waals surface area contributed by atoms with Crippen molar-refractivity contribution in [1.29, 1.82) is 0 Å². The number of para-hydroxylation sites is 3. The normalized spacial score (nSPS) is 17.4. The van der Waals surface area contributed by atoms with Gasteiger partial charge in [-0.3, -0.25) is 9.59 Å². The number of nitrogens with one attached hydrogen (secondary N) is 2. The molecular weight excluding hydrogens is 627 g/mol. The number of nitrogens with two attached hydrogens (primary N) is 1. The van der Waals surface area contributed by atoms with Gasteiger partial charge in [0.1, 0.15) is 5.75 Å². The second-order valence-electron chi connectivity index (χ2n) is 11.7. The highest BCUT2D eigenvalue weighted by atomic mass is 32.2. The number of aliphatic hydroxyl groups excluding tert-OH is 1. The molecule has 4 aromatic carbocycles. The third-order valence-corrected chi connectivity index (χ3v) is 9.30. The van der Waals surface area contributed by atoms with Crippen LogP contribution in [0.1, 0.15) is 67.6 Å². The number of thioether (sulfide) groups is 1. The molecular formula is C38H43N3O6S. The summed E-state index contributed by atoms with van der Waals surface area (Å²) < 4.78 is 18.5. The van der Waals surface area contributed by atoms with Crippen molar-refractivity contribution < 1.29 is 28.9 Å². The van der Waals surface area contributed by atoms with Crippen LogP contribution in [0, 0.1) is 0 Å². The smallest absolute Gasteiger partial charge is 0.224 e. The summed E-state index contributed by atoms with van der Waals surface area (Å²) >= 11 is 1.69. The van der Waals surface area contributed by atoms with Crippen LogP contribution in [0.25, 0.3) is 0 Å². The van der Waals surface area contributed by atoms with E-state index >= 15 is 0 Å². The summed E-state index contributed by atoms with van der Waals surface area (Å²) in [6, 6.07) is 30.5. The standard InChI is InChI=1S/C38H43N3O6S/c1-45-33-11-7-8-12-35(33)48-25-30-23-34(27-17-15-26(24-42)16-18-27)47-38(46-30)28-19-21-29(22-20-28)40-36(43)13-3-2-4-14-37(44)41-32-10-6-5-9-31(32)39/h5-12,15-22,30,34,38,42H,2-4,13-14,23-25,39H2,1H3,(H,40,43)(H,41,44)/t30-,34+,38+/m1/s1. The van der Waals surface area contributed by atoms with Gasteiger partial charge in [-0.25, -0.2) is 0 Å². The first kappa shape index (κ1) is 35.0. The minimum absolute atomic E-state index is 0.0111. The van der Waals surface area contributed by atoms with Gasteiger partial charge in [-0.15, -0.1) is 11.8 Å². The first-order valence-electron chi connectivity index (χ1n) is 16.2. The minimum atomic E-state index is -0.593. The molecule has 0 aromatic heterocycles. The molecule has 0 aliphatic carbocycles. The van der Waals surface area contributed by atoms with E-state index in [1.165, 1.54) is 0 Å². The highest BCUT2D eigenvalue weighted by Gasteiger charge is 2.32. The van der Waals surface area contributed by atoms with E-state index in [0.717, 1.165) is 33.8 Å². The summed E-state index contributed by atoms with van der Waals surface area (Å²) in [6.45, 7) is -0.0111. The van der Waals surface area contributed by atoms with Crippen molar-refractivity contribution in [2.24, 2.45) is 0 Å². The first-order chi connectivity index (χ1) is 23.4. The second-order valence-corrected chi connectivity index (χ2v) is 12.7. The number of benzene rings is 4. The molecule has 5 N–H and O–H groups in total. The van der Waals surface area contributed by atoms with Crippen LogP contribution in [-0.4, -0.2) is 35.9 Å². The number of aliphatic hydroxyl groups is 1. The summed E-state index contributed by atoms with van der Waals surface area (Å²) in [6.07, 6.45) is 2.67. The van der Waals surface area contributed by atoms with Crippen LogP contribution in [0.15, 0.2) is 102 Å². The Morgan fingerprint density at radius 2 is 1.50 bits per heavy atom. The van der Waals surface area contributed by atoms with Crippen LogP contribution in [-0.2, 0) is 25.7 Å². The van der Waals surface area contributed by atoms with Gasteiger partial charge in [0.05, 0.1) is 37.3 Å². The van der Waals surface area contributed by atoms with E-state index in [0.29, 0.717) is 54.9 Å². The van der Waals surface area contributed by atoms with Gasteiger partial charge in [-0.05, 0) is 60.4 Å².